The van der Waals surface area contributed by atoms with Gasteiger partial charge in [0.25, 0.3) is 5.91 Å². The predicted molar refractivity (Wildman–Crippen MR) is 101 cm³/mol. The Hall–Kier alpha value is -2.95. The third-order valence-corrected chi connectivity index (χ3v) is 5.19. The van der Waals surface area contributed by atoms with Gasteiger partial charge in [-0.1, -0.05) is 24.3 Å². The van der Waals surface area contributed by atoms with Crippen molar-refractivity contribution in [2.24, 2.45) is 7.05 Å². The van der Waals surface area contributed by atoms with Gasteiger partial charge < -0.3 is 18.9 Å². The van der Waals surface area contributed by atoms with E-state index in [-0.39, 0.29) is 5.91 Å². The van der Waals surface area contributed by atoms with Gasteiger partial charge in [-0.15, -0.1) is 0 Å². The molecule has 1 aliphatic rings. The van der Waals surface area contributed by atoms with E-state index < -0.39 is 0 Å². The lowest BCUT2D eigenvalue weighted by Crippen LogP contribution is -2.36. The number of nitrogens with zero attached hydrogens (tertiary/aromatic N) is 2. The summed E-state index contributed by atoms with van der Waals surface area (Å²) in [5.41, 5.74) is 4.06. The summed E-state index contributed by atoms with van der Waals surface area (Å²) in [5.74, 6) is 1.49. The van der Waals surface area contributed by atoms with Gasteiger partial charge in [0.15, 0.2) is 0 Å². The molecule has 1 aromatic heterocycles. The highest BCUT2D eigenvalue weighted by molar-refractivity contribution is 6.02. The highest BCUT2D eigenvalue weighted by Crippen LogP contribution is 2.35. The van der Waals surface area contributed by atoms with E-state index in [1.165, 1.54) is 11.1 Å². The fraction of sp³-hybridized carbons (Fsp3) is 0.286. The molecule has 0 saturated carbocycles. The maximum atomic E-state index is 13.2. The van der Waals surface area contributed by atoms with E-state index in [1.54, 1.807) is 14.2 Å². The number of ether oxygens (including phenoxy) is 2. The van der Waals surface area contributed by atoms with Crippen LogP contribution in [0.15, 0.2) is 42.5 Å². The molecule has 2 aromatic carbocycles. The van der Waals surface area contributed by atoms with Gasteiger partial charge in [0.05, 0.1) is 19.7 Å². The maximum absolute atomic E-state index is 13.2. The largest absolute Gasteiger partial charge is 0.496 e. The number of methoxy groups -OCH3 is 2. The zero-order valence-electron chi connectivity index (χ0n) is 15.3. The molecule has 0 bridgehead atoms. The second-order valence-corrected chi connectivity index (χ2v) is 6.57. The van der Waals surface area contributed by atoms with Crippen LogP contribution in [0.4, 0.5) is 0 Å². The standard InChI is InChI=1S/C21H22N2O3/c1-22-17(12-16-18(25-2)8-9-19(26-3)20(16)22)21(24)23-11-10-14-6-4-5-7-15(14)13-23/h4-9,12H,10-11,13H2,1-3H3. The quantitative estimate of drug-likeness (QED) is 0.727. The molecule has 4 rings (SSSR count). The number of carbonyl (C=O) groups excluding carboxylic acids is 1. The molecule has 0 unspecified atom stereocenters. The first-order valence-corrected chi connectivity index (χ1v) is 8.70. The van der Waals surface area contributed by atoms with Crippen LogP contribution in [0.3, 0.4) is 0 Å². The second-order valence-electron chi connectivity index (χ2n) is 6.57. The number of hydrogen-bond acceptors (Lipinski definition) is 3. The number of aromatic nitrogens is 1. The van der Waals surface area contributed by atoms with Gasteiger partial charge in [-0.2, -0.15) is 0 Å². The molecule has 5 nitrogen and oxygen atoms in total. The fourth-order valence-corrected chi connectivity index (χ4v) is 3.79. The number of hydrogen-bond donors (Lipinski definition) is 0. The zero-order valence-corrected chi connectivity index (χ0v) is 15.3. The van der Waals surface area contributed by atoms with Crippen molar-refractivity contribution < 1.29 is 14.3 Å². The number of rotatable bonds is 3. The van der Waals surface area contributed by atoms with E-state index in [2.05, 4.69) is 18.2 Å². The fourth-order valence-electron chi connectivity index (χ4n) is 3.79. The van der Waals surface area contributed by atoms with Gasteiger partial charge in [0.2, 0.25) is 0 Å². The van der Waals surface area contributed by atoms with Crippen LogP contribution >= 0.6 is 0 Å². The minimum Gasteiger partial charge on any atom is -0.496 e. The molecule has 0 aliphatic carbocycles. The molecule has 2 heterocycles. The smallest absolute Gasteiger partial charge is 0.270 e. The van der Waals surface area contributed by atoms with Crippen molar-refractivity contribution in [1.29, 1.82) is 0 Å². The summed E-state index contributed by atoms with van der Waals surface area (Å²) in [4.78, 5) is 15.1. The van der Waals surface area contributed by atoms with Crippen LogP contribution in [0, 0.1) is 0 Å². The van der Waals surface area contributed by atoms with Crippen molar-refractivity contribution in [3.8, 4) is 11.5 Å². The topological polar surface area (TPSA) is 43.7 Å². The van der Waals surface area contributed by atoms with Gasteiger partial charge in [-0.05, 0) is 35.7 Å². The first-order chi connectivity index (χ1) is 12.6. The van der Waals surface area contributed by atoms with E-state index in [9.17, 15) is 4.79 Å². The molecule has 1 amide bonds. The number of benzene rings is 2. The molecule has 0 radical (unpaired) electrons. The summed E-state index contributed by atoms with van der Waals surface area (Å²) >= 11 is 0. The van der Waals surface area contributed by atoms with Crippen LogP contribution in [-0.4, -0.2) is 36.1 Å². The van der Waals surface area contributed by atoms with Crippen molar-refractivity contribution in [3.05, 3.63) is 59.3 Å². The van der Waals surface area contributed by atoms with Gasteiger partial charge in [0.1, 0.15) is 17.2 Å². The lowest BCUT2D eigenvalue weighted by Gasteiger charge is -2.29. The first-order valence-electron chi connectivity index (χ1n) is 8.70. The summed E-state index contributed by atoms with van der Waals surface area (Å²) in [6, 6.07) is 14.0. The summed E-state index contributed by atoms with van der Waals surface area (Å²) in [6.07, 6.45) is 0.887. The Bertz CT molecular complexity index is 990. The van der Waals surface area contributed by atoms with Crippen LogP contribution < -0.4 is 9.47 Å². The van der Waals surface area contributed by atoms with Crippen LogP contribution in [0.5, 0.6) is 11.5 Å². The normalized spacial score (nSPS) is 13.6. The van der Waals surface area contributed by atoms with Crippen LogP contribution in [-0.2, 0) is 20.0 Å². The zero-order chi connectivity index (χ0) is 18.3. The third kappa shape index (κ3) is 2.51. The van der Waals surface area contributed by atoms with Gasteiger partial charge in [0, 0.05) is 25.5 Å². The van der Waals surface area contributed by atoms with Crippen LogP contribution in [0.25, 0.3) is 10.9 Å². The van der Waals surface area contributed by atoms with Crippen LogP contribution in [0.1, 0.15) is 21.6 Å². The van der Waals surface area contributed by atoms with Crippen molar-refractivity contribution in [3.63, 3.8) is 0 Å². The Balaban J connectivity index is 1.75. The van der Waals surface area contributed by atoms with Crippen molar-refractivity contribution in [2.45, 2.75) is 13.0 Å². The second kappa shape index (κ2) is 6.41. The number of amides is 1. The minimum atomic E-state index is 0.0299. The highest BCUT2D eigenvalue weighted by atomic mass is 16.5. The summed E-state index contributed by atoms with van der Waals surface area (Å²) in [6.45, 7) is 1.37. The molecular weight excluding hydrogens is 328 g/mol. The van der Waals surface area contributed by atoms with E-state index >= 15 is 0 Å². The van der Waals surface area contributed by atoms with Crippen molar-refractivity contribution in [2.75, 3.05) is 20.8 Å². The number of aryl methyl sites for hydroxylation is 1. The molecule has 1 aliphatic heterocycles. The molecule has 0 N–H and O–H groups in total. The molecule has 5 heteroatoms. The monoisotopic (exact) mass is 350 g/mol. The minimum absolute atomic E-state index is 0.0299. The van der Waals surface area contributed by atoms with Crippen LogP contribution in [0.2, 0.25) is 0 Å². The van der Waals surface area contributed by atoms with E-state index in [0.717, 1.165) is 35.4 Å². The Labute approximate surface area is 152 Å². The third-order valence-electron chi connectivity index (χ3n) is 5.19. The molecule has 134 valence electrons. The maximum Gasteiger partial charge on any atom is 0.270 e. The Morgan fingerprint density at radius 2 is 1.69 bits per heavy atom. The summed E-state index contributed by atoms with van der Waals surface area (Å²) in [7, 11) is 5.17. The van der Waals surface area contributed by atoms with E-state index in [0.29, 0.717) is 12.2 Å². The van der Waals surface area contributed by atoms with Crippen molar-refractivity contribution in [1.82, 2.24) is 9.47 Å². The Morgan fingerprint density at radius 1 is 1.00 bits per heavy atom. The first kappa shape index (κ1) is 16.5. The van der Waals surface area contributed by atoms with Crippen molar-refractivity contribution >= 4 is 16.8 Å². The molecule has 3 aromatic rings. The average molecular weight is 350 g/mol. The number of fused-ring (bicyclic) bond motifs is 2. The van der Waals surface area contributed by atoms with Gasteiger partial charge in [-0.3, -0.25) is 4.79 Å². The molecule has 0 saturated heterocycles. The summed E-state index contributed by atoms with van der Waals surface area (Å²) < 4.78 is 12.9. The van der Waals surface area contributed by atoms with E-state index in [4.69, 9.17) is 9.47 Å². The molecular formula is C21H22N2O3. The van der Waals surface area contributed by atoms with Gasteiger partial charge in [-0.25, -0.2) is 0 Å². The Kier molecular flexibility index (Phi) is 4.07. The van der Waals surface area contributed by atoms with E-state index in [1.807, 2.05) is 40.8 Å². The lowest BCUT2D eigenvalue weighted by atomic mass is 10.00. The number of carbonyl (C=O) groups is 1. The highest BCUT2D eigenvalue weighted by Gasteiger charge is 2.25. The summed E-state index contributed by atoms with van der Waals surface area (Å²) in [5, 5.41) is 0.884. The molecule has 0 spiro atoms. The SMILES string of the molecule is COc1ccc(OC)c2c1cc(C(=O)N1CCc3ccccc3C1)n2C. The molecule has 0 atom stereocenters. The average Bonchev–Trinajstić information content (AvgIpc) is 3.04. The Morgan fingerprint density at radius 3 is 2.42 bits per heavy atom. The molecule has 0 fully saturated rings. The van der Waals surface area contributed by atoms with Gasteiger partial charge >= 0.3 is 0 Å². The lowest BCUT2D eigenvalue weighted by molar-refractivity contribution is 0.0725. The predicted octanol–water partition coefficient (Wildman–Crippen LogP) is 3.39. The molecule has 26 heavy (non-hydrogen) atoms.